The van der Waals surface area contributed by atoms with Crippen LogP contribution in [-0.4, -0.2) is 31.1 Å². The predicted octanol–water partition coefficient (Wildman–Crippen LogP) is 2.30. The summed E-state index contributed by atoms with van der Waals surface area (Å²) in [5, 5.41) is 17.8. The van der Waals surface area contributed by atoms with Crippen molar-refractivity contribution in [2.75, 3.05) is 0 Å². The van der Waals surface area contributed by atoms with Gasteiger partial charge in [0.1, 0.15) is 0 Å². The maximum Gasteiger partial charge on any atom is 0.231 e. The second-order valence-electron chi connectivity index (χ2n) is 6.42. The van der Waals surface area contributed by atoms with Crippen LogP contribution in [0, 0.1) is 0 Å². The molecule has 1 aliphatic heterocycles. The van der Waals surface area contributed by atoms with Crippen molar-refractivity contribution in [3.8, 4) is 0 Å². The Labute approximate surface area is 155 Å². The van der Waals surface area contributed by atoms with Crippen molar-refractivity contribution in [3.63, 3.8) is 0 Å². The third-order valence-electron chi connectivity index (χ3n) is 4.54. The Hall–Kier alpha value is -2.61. The summed E-state index contributed by atoms with van der Waals surface area (Å²) < 4.78 is 1.75. The number of aromatic nitrogens is 5. The first-order chi connectivity index (χ1) is 12.8. The largest absolute Gasteiger partial charge is 0.350 e. The first-order valence-electron chi connectivity index (χ1n) is 8.80. The van der Waals surface area contributed by atoms with Gasteiger partial charge in [0.25, 0.3) is 0 Å². The highest BCUT2D eigenvalue weighted by atomic mass is 32.1. The molecular formula is C18H20N6OS. The number of nitrogens with zero attached hydrogens (tertiary/aromatic N) is 5. The lowest BCUT2D eigenvalue weighted by molar-refractivity contribution is -0.123. The number of fused-ring (bicyclic) bond motifs is 1. The van der Waals surface area contributed by atoms with Crippen molar-refractivity contribution in [3.05, 3.63) is 57.8 Å². The molecule has 0 saturated heterocycles. The van der Waals surface area contributed by atoms with Gasteiger partial charge in [-0.15, -0.1) is 16.4 Å². The molecule has 1 aromatic carbocycles. The van der Waals surface area contributed by atoms with Crippen molar-refractivity contribution in [1.82, 2.24) is 30.5 Å². The van der Waals surface area contributed by atoms with Gasteiger partial charge in [-0.25, -0.2) is 9.67 Å². The quantitative estimate of drug-likeness (QED) is 0.747. The molecule has 0 aliphatic carbocycles. The Morgan fingerprint density at radius 3 is 3.04 bits per heavy atom. The number of rotatable bonds is 5. The summed E-state index contributed by atoms with van der Waals surface area (Å²) in [6, 6.07) is 10.3. The van der Waals surface area contributed by atoms with Crippen molar-refractivity contribution in [1.29, 1.82) is 0 Å². The summed E-state index contributed by atoms with van der Waals surface area (Å²) in [4.78, 5) is 17.3. The molecule has 8 heteroatoms. The van der Waals surface area contributed by atoms with Gasteiger partial charge < -0.3 is 5.32 Å². The van der Waals surface area contributed by atoms with Gasteiger partial charge in [0.05, 0.1) is 23.2 Å². The Morgan fingerprint density at radius 2 is 2.15 bits per heavy atom. The fraction of sp³-hybridized carbons (Fsp3) is 0.389. The van der Waals surface area contributed by atoms with E-state index in [4.69, 9.17) is 0 Å². The second kappa shape index (κ2) is 7.74. The smallest absolute Gasteiger partial charge is 0.231 e. The molecule has 0 saturated carbocycles. The number of tetrazole rings is 1. The minimum atomic E-state index is -0.282. The molecule has 1 N–H and O–H groups in total. The van der Waals surface area contributed by atoms with Crippen molar-refractivity contribution in [2.24, 2.45) is 0 Å². The van der Waals surface area contributed by atoms with Crippen LogP contribution in [0.2, 0.25) is 0 Å². The lowest BCUT2D eigenvalue weighted by atomic mass is 10.0. The van der Waals surface area contributed by atoms with Crippen LogP contribution in [0.5, 0.6) is 0 Å². The zero-order valence-corrected chi connectivity index (χ0v) is 15.2. The molecule has 3 heterocycles. The molecular weight excluding hydrogens is 348 g/mol. The molecule has 0 bridgehead atoms. The summed E-state index contributed by atoms with van der Waals surface area (Å²) in [6.45, 7) is 1.21. The molecule has 1 atom stereocenters. The summed E-state index contributed by atoms with van der Waals surface area (Å²) in [7, 11) is 0. The van der Waals surface area contributed by atoms with E-state index in [1.807, 2.05) is 23.6 Å². The average Bonchev–Trinajstić information content (AvgIpc) is 3.26. The molecule has 4 rings (SSSR count). The molecule has 134 valence electrons. The van der Waals surface area contributed by atoms with E-state index in [1.54, 1.807) is 16.0 Å². The summed E-state index contributed by atoms with van der Waals surface area (Å²) in [6.07, 6.45) is 3.58. The Bertz CT molecular complexity index is 875. The highest BCUT2D eigenvalue weighted by molar-refractivity contribution is 7.09. The molecule has 7 nitrogen and oxygen atoms in total. The number of carbonyl (C=O) groups is 1. The van der Waals surface area contributed by atoms with E-state index < -0.39 is 0 Å². The van der Waals surface area contributed by atoms with Gasteiger partial charge in [-0.05, 0) is 28.8 Å². The highest BCUT2D eigenvalue weighted by Gasteiger charge is 2.28. The van der Waals surface area contributed by atoms with Crippen LogP contribution in [0.3, 0.4) is 0 Å². The third-order valence-corrected chi connectivity index (χ3v) is 5.44. The minimum absolute atomic E-state index is 0.0273. The molecule has 1 unspecified atom stereocenters. The average molecular weight is 368 g/mol. The van der Waals surface area contributed by atoms with Crippen molar-refractivity contribution < 1.29 is 4.79 Å². The van der Waals surface area contributed by atoms with E-state index in [1.165, 1.54) is 5.56 Å². The number of hydrogen-bond acceptors (Lipinski definition) is 6. The third kappa shape index (κ3) is 3.80. The van der Waals surface area contributed by atoms with E-state index in [-0.39, 0.29) is 11.8 Å². The first-order valence-corrected chi connectivity index (χ1v) is 9.68. The number of thiazole rings is 1. The standard InChI is InChI=1S/C18H20N6OS/c25-18(15-8-4-5-9-24-17(15)21-22-23-24)19-11-14-12-26-16(20-14)10-13-6-2-1-3-7-13/h1-3,6-7,12,15H,4-5,8-11H2,(H,19,25). The van der Waals surface area contributed by atoms with Crippen LogP contribution >= 0.6 is 11.3 Å². The number of benzene rings is 1. The first kappa shape index (κ1) is 16.8. The van der Waals surface area contributed by atoms with Crippen molar-refractivity contribution in [2.45, 2.75) is 44.7 Å². The Morgan fingerprint density at radius 1 is 1.27 bits per heavy atom. The van der Waals surface area contributed by atoms with Crippen LogP contribution in [0.25, 0.3) is 0 Å². The number of aryl methyl sites for hydroxylation is 1. The number of nitrogens with one attached hydrogen (secondary N) is 1. The lowest BCUT2D eigenvalue weighted by Crippen LogP contribution is -2.30. The van der Waals surface area contributed by atoms with Gasteiger partial charge in [-0.1, -0.05) is 36.8 Å². The van der Waals surface area contributed by atoms with Gasteiger partial charge in [0.2, 0.25) is 5.91 Å². The summed E-state index contributed by atoms with van der Waals surface area (Å²) in [5.41, 5.74) is 2.13. The number of amides is 1. The fourth-order valence-electron chi connectivity index (χ4n) is 3.19. The monoisotopic (exact) mass is 368 g/mol. The molecule has 26 heavy (non-hydrogen) atoms. The van der Waals surface area contributed by atoms with Crippen LogP contribution in [0.1, 0.15) is 47.3 Å². The SMILES string of the molecule is O=C(NCc1csc(Cc2ccccc2)n1)C1CCCCn2nnnc21. The topological polar surface area (TPSA) is 85.6 Å². The highest BCUT2D eigenvalue weighted by Crippen LogP contribution is 2.24. The Kier molecular flexibility index (Phi) is 5.01. The summed E-state index contributed by atoms with van der Waals surface area (Å²) >= 11 is 1.63. The molecule has 1 aliphatic rings. The molecule has 3 aromatic rings. The van der Waals surface area contributed by atoms with Crippen LogP contribution < -0.4 is 5.32 Å². The van der Waals surface area contributed by atoms with Gasteiger partial charge in [0, 0.05) is 18.3 Å². The molecule has 0 radical (unpaired) electrons. The normalized spacial score (nSPS) is 16.7. The van der Waals surface area contributed by atoms with E-state index >= 15 is 0 Å². The van der Waals surface area contributed by atoms with E-state index in [0.29, 0.717) is 12.4 Å². The van der Waals surface area contributed by atoms with Gasteiger partial charge in [0.15, 0.2) is 5.82 Å². The van der Waals surface area contributed by atoms with Crippen LogP contribution in [0.15, 0.2) is 35.7 Å². The predicted molar refractivity (Wildman–Crippen MR) is 97.6 cm³/mol. The maximum absolute atomic E-state index is 12.6. The van der Waals surface area contributed by atoms with E-state index in [0.717, 1.165) is 42.9 Å². The van der Waals surface area contributed by atoms with Gasteiger partial charge in [-0.3, -0.25) is 4.79 Å². The van der Waals surface area contributed by atoms with E-state index in [2.05, 4.69) is 38.0 Å². The maximum atomic E-state index is 12.6. The number of carbonyl (C=O) groups excluding carboxylic acids is 1. The second-order valence-corrected chi connectivity index (χ2v) is 7.36. The Balaban J connectivity index is 1.37. The molecule has 1 amide bonds. The zero-order chi connectivity index (χ0) is 17.8. The summed E-state index contributed by atoms with van der Waals surface area (Å²) in [5.74, 6) is 0.360. The van der Waals surface area contributed by atoms with E-state index in [9.17, 15) is 4.79 Å². The molecule has 0 fully saturated rings. The van der Waals surface area contributed by atoms with Crippen molar-refractivity contribution >= 4 is 17.2 Å². The lowest BCUT2D eigenvalue weighted by Gasteiger charge is -2.12. The zero-order valence-electron chi connectivity index (χ0n) is 14.3. The molecule has 0 spiro atoms. The molecule has 2 aromatic heterocycles. The van der Waals surface area contributed by atoms with Crippen LogP contribution in [0.4, 0.5) is 0 Å². The van der Waals surface area contributed by atoms with Gasteiger partial charge in [-0.2, -0.15) is 0 Å². The number of hydrogen-bond donors (Lipinski definition) is 1. The minimum Gasteiger partial charge on any atom is -0.350 e. The fourth-order valence-corrected chi connectivity index (χ4v) is 4.02. The van der Waals surface area contributed by atoms with Gasteiger partial charge >= 0.3 is 0 Å². The van der Waals surface area contributed by atoms with Crippen LogP contribution in [-0.2, 0) is 24.3 Å².